The van der Waals surface area contributed by atoms with Gasteiger partial charge < -0.3 is 19.9 Å². The summed E-state index contributed by atoms with van der Waals surface area (Å²) in [6, 6.07) is 8.15. The summed E-state index contributed by atoms with van der Waals surface area (Å²) in [5.41, 5.74) is 1.76. The van der Waals surface area contributed by atoms with E-state index in [1.54, 1.807) is 26.1 Å². The van der Waals surface area contributed by atoms with E-state index < -0.39 is 0 Å². The highest BCUT2D eigenvalue weighted by Gasteiger charge is 2.43. The van der Waals surface area contributed by atoms with Crippen LogP contribution in [0.15, 0.2) is 29.3 Å². The van der Waals surface area contributed by atoms with Crippen molar-refractivity contribution in [1.82, 2.24) is 15.1 Å². The predicted octanol–water partition coefficient (Wildman–Crippen LogP) is 2.77. The number of halogens is 1. The van der Waals surface area contributed by atoms with Gasteiger partial charge in [-0.3, -0.25) is 4.79 Å². The number of hydrogen-bond acceptors (Lipinski definition) is 3. The fourth-order valence-electron chi connectivity index (χ4n) is 3.86. The van der Waals surface area contributed by atoms with Crippen LogP contribution in [0.1, 0.15) is 31.2 Å². The van der Waals surface area contributed by atoms with Gasteiger partial charge in [-0.15, -0.1) is 24.0 Å². The van der Waals surface area contributed by atoms with Gasteiger partial charge in [-0.1, -0.05) is 18.6 Å². The van der Waals surface area contributed by atoms with Gasteiger partial charge in [0.15, 0.2) is 5.96 Å². The number of aliphatic imine (C=N–C) groups is 1. The van der Waals surface area contributed by atoms with Crippen molar-refractivity contribution in [1.29, 1.82) is 0 Å². The summed E-state index contributed by atoms with van der Waals surface area (Å²) in [6.07, 6.45) is 6.17. The molecule has 1 heterocycles. The van der Waals surface area contributed by atoms with Crippen LogP contribution in [-0.4, -0.2) is 69.1 Å². The second-order valence-electron chi connectivity index (χ2n) is 7.98. The first-order valence-corrected chi connectivity index (χ1v) is 9.88. The number of methoxy groups -OCH3 is 1. The first-order valence-electron chi connectivity index (χ1n) is 9.88. The van der Waals surface area contributed by atoms with Crippen molar-refractivity contribution < 1.29 is 9.53 Å². The summed E-state index contributed by atoms with van der Waals surface area (Å²) in [7, 11) is 5.22. The van der Waals surface area contributed by atoms with Crippen LogP contribution in [-0.2, 0) is 11.2 Å². The second-order valence-corrected chi connectivity index (χ2v) is 7.98. The molecular weight excluding hydrogens is 467 g/mol. The zero-order valence-electron chi connectivity index (χ0n) is 17.2. The molecule has 1 N–H and O–H groups in total. The molecule has 2 fully saturated rings. The van der Waals surface area contributed by atoms with Crippen LogP contribution in [0.3, 0.4) is 0 Å². The van der Waals surface area contributed by atoms with E-state index in [0.29, 0.717) is 5.41 Å². The molecule has 1 aromatic rings. The van der Waals surface area contributed by atoms with Crippen molar-refractivity contribution >= 4 is 35.8 Å². The standard InChI is InChI=1S/C21H32N4O2.HI/c1-24(2)19(26)15-23-20(25-14-12-21(16-25)10-4-11-21)22-13-9-17-5-7-18(27-3)8-6-17;/h5-8H,4,9-16H2,1-3H3,(H,22,23);1H. The molecule has 1 aliphatic heterocycles. The number of benzene rings is 1. The molecule has 0 radical (unpaired) electrons. The van der Waals surface area contributed by atoms with Crippen molar-refractivity contribution in [2.45, 2.75) is 32.1 Å². The van der Waals surface area contributed by atoms with E-state index >= 15 is 0 Å². The fourth-order valence-corrected chi connectivity index (χ4v) is 3.86. The molecule has 1 saturated heterocycles. The van der Waals surface area contributed by atoms with Crippen molar-refractivity contribution in [3.63, 3.8) is 0 Å². The van der Waals surface area contributed by atoms with Crippen molar-refractivity contribution in [2.24, 2.45) is 10.4 Å². The Balaban J connectivity index is 0.00000280. The van der Waals surface area contributed by atoms with E-state index in [1.165, 1.54) is 31.2 Å². The van der Waals surface area contributed by atoms with Gasteiger partial charge in [0, 0.05) is 33.7 Å². The van der Waals surface area contributed by atoms with Crippen LogP contribution in [0.5, 0.6) is 5.75 Å². The summed E-state index contributed by atoms with van der Waals surface area (Å²) < 4.78 is 5.21. The third-order valence-electron chi connectivity index (χ3n) is 5.87. The first-order chi connectivity index (χ1) is 13.0. The molecular formula is C21H33IN4O2. The molecule has 156 valence electrons. The number of hydrogen-bond donors (Lipinski definition) is 1. The Bertz CT molecular complexity index is 671. The van der Waals surface area contributed by atoms with Crippen LogP contribution in [0.2, 0.25) is 0 Å². The lowest BCUT2D eigenvalue weighted by molar-refractivity contribution is -0.127. The average molecular weight is 500 g/mol. The van der Waals surface area contributed by atoms with Crippen LogP contribution < -0.4 is 10.1 Å². The molecule has 0 unspecified atom stereocenters. The van der Waals surface area contributed by atoms with Gasteiger partial charge in [-0.05, 0) is 48.8 Å². The Morgan fingerprint density at radius 2 is 1.96 bits per heavy atom. The SMILES string of the molecule is COc1ccc(CCNC(=NCC(=O)N(C)C)N2CCC3(CCC3)C2)cc1.I. The van der Waals surface area contributed by atoms with Gasteiger partial charge in [0.05, 0.1) is 7.11 Å². The molecule has 6 nitrogen and oxygen atoms in total. The number of carbonyl (C=O) groups excluding carboxylic acids is 1. The van der Waals surface area contributed by atoms with Gasteiger partial charge in [0.2, 0.25) is 5.91 Å². The lowest BCUT2D eigenvalue weighted by atomic mass is 9.68. The van der Waals surface area contributed by atoms with Crippen LogP contribution in [0, 0.1) is 5.41 Å². The lowest BCUT2D eigenvalue weighted by Gasteiger charge is -2.38. The number of nitrogens with zero attached hydrogens (tertiary/aromatic N) is 3. The fraction of sp³-hybridized carbons (Fsp3) is 0.619. The lowest BCUT2D eigenvalue weighted by Crippen LogP contribution is -2.43. The summed E-state index contributed by atoms with van der Waals surface area (Å²) >= 11 is 0. The largest absolute Gasteiger partial charge is 0.497 e. The Morgan fingerprint density at radius 1 is 1.25 bits per heavy atom. The highest BCUT2D eigenvalue weighted by Crippen LogP contribution is 2.47. The minimum atomic E-state index is 0. The molecule has 7 heteroatoms. The minimum Gasteiger partial charge on any atom is -0.497 e. The third-order valence-corrected chi connectivity index (χ3v) is 5.87. The normalized spacial score (nSPS) is 17.7. The first kappa shape index (κ1) is 22.8. The van der Waals surface area contributed by atoms with Gasteiger partial charge in [0.25, 0.3) is 0 Å². The number of likely N-dealkylation sites (N-methyl/N-ethyl adjacent to an activating group) is 1. The number of nitrogens with one attached hydrogen (secondary N) is 1. The van der Waals surface area contributed by atoms with Gasteiger partial charge in [-0.2, -0.15) is 0 Å². The summed E-state index contributed by atoms with van der Waals surface area (Å²) in [5, 5.41) is 3.49. The van der Waals surface area contributed by atoms with Crippen molar-refractivity contribution in [3.05, 3.63) is 29.8 Å². The molecule has 0 bridgehead atoms. The number of ether oxygens (including phenoxy) is 1. The van der Waals surface area contributed by atoms with Gasteiger partial charge in [0.1, 0.15) is 12.3 Å². The van der Waals surface area contributed by atoms with Crippen LogP contribution in [0.25, 0.3) is 0 Å². The highest BCUT2D eigenvalue weighted by molar-refractivity contribution is 14.0. The number of rotatable bonds is 6. The molecule has 1 saturated carbocycles. The Hall–Kier alpha value is -1.51. The number of guanidine groups is 1. The topological polar surface area (TPSA) is 57.2 Å². The Morgan fingerprint density at radius 3 is 2.50 bits per heavy atom. The second kappa shape index (κ2) is 10.3. The molecule has 1 aliphatic carbocycles. The smallest absolute Gasteiger partial charge is 0.243 e. The van der Waals surface area contributed by atoms with Gasteiger partial charge in [-0.25, -0.2) is 4.99 Å². The molecule has 1 amide bonds. The molecule has 0 atom stereocenters. The molecule has 28 heavy (non-hydrogen) atoms. The predicted molar refractivity (Wildman–Crippen MR) is 124 cm³/mol. The summed E-state index contributed by atoms with van der Waals surface area (Å²) in [4.78, 5) is 20.5. The van der Waals surface area contributed by atoms with Gasteiger partial charge >= 0.3 is 0 Å². The molecule has 2 aliphatic rings. The zero-order chi connectivity index (χ0) is 19.3. The van der Waals surface area contributed by atoms with Crippen molar-refractivity contribution in [3.8, 4) is 5.75 Å². The van der Waals surface area contributed by atoms with E-state index in [1.807, 2.05) is 12.1 Å². The Kier molecular flexibility index (Phi) is 8.39. The molecule has 1 aromatic carbocycles. The minimum absolute atomic E-state index is 0. The average Bonchev–Trinajstić information content (AvgIpc) is 3.10. The maximum atomic E-state index is 12.0. The van der Waals surface area contributed by atoms with Crippen molar-refractivity contribution in [2.75, 3.05) is 47.4 Å². The maximum absolute atomic E-state index is 12.0. The zero-order valence-corrected chi connectivity index (χ0v) is 19.6. The van der Waals surface area contributed by atoms with Crippen LogP contribution in [0.4, 0.5) is 0 Å². The van der Waals surface area contributed by atoms with Crippen LogP contribution >= 0.6 is 24.0 Å². The maximum Gasteiger partial charge on any atom is 0.243 e. The van der Waals surface area contributed by atoms with E-state index in [4.69, 9.17) is 4.74 Å². The summed E-state index contributed by atoms with van der Waals surface area (Å²) in [5.74, 6) is 1.78. The third kappa shape index (κ3) is 5.75. The molecule has 0 aromatic heterocycles. The quantitative estimate of drug-likeness (QED) is 0.371. The Labute approximate surface area is 185 Å². The van der Waals surface area contributed by atoms with E-state index in [2.05, 4.69) is 27.3 Å². The summed E-state index contributed by atoms with van der Waals surface area (Å²) in [6.45, 7) is 3.09. The van der Waals surface area contributed by atoms with E-state index in [9.17, 15) is 4.79 Å². The number of carbonyl (C=O) groups is 1. The molecule has 3 rings (SSSR count). The molecule has 1 spiro atoms. The number of amides is 1. The highest BCUT2D eigenvalue weighted by atomic mass is 127. The van der Waals surface area contributed by atoms with E-state index in [0.717, 1.165) is 37.8 Å². The number of likely N-dealkylation sites (tertiary alicyclic amines) is 1. The van der Waals surface area contributed by atoms with E-state index in [-0.39, 0.29) is 36.4 Å². The monoisotopic (exact) mass is 500 g/mol.